The summed E-state index contributed by atoms with van der Waals surface area (Å²) in [7, 11) is 0. The molecular weight excluding hydrogens is 221 g/mol. The molecule has 1 unspecified atom stereocenters. The summed E-state index contributed by atoms with van der Waals surface area (Å²) in [6.45, 7) is 1.96. The van der Waals surface area contributed by atoms with E-state index < -0.39 is 0 Å². The normalized spacial score (nSPS) is 20.2. The zero-order valence-electron chi connectivity index (χ0n) is 7.60. The average Bonchev–Trinajstić information content (AvgIpc) is 2.08. The second-order valence-electron chi connectivity index (χ2n) is 3.48. The van der Waals surface area contributed by atoms with Gasteiger partial charge in [0.25, 0.3) is 0 Å². The van der Waals surface area contributed by atoms with Crippen LogP contribution in [0.3, 0.4) is 0 Å². The standard InChI is InChI=1S/C10H9Cl2NO/c1-5-2-10(14)6-3-7(11)8(12)4-9(6)13-5/h3-5,13H,2H2,1H3. The van der Waals surface area contributed by atoms with Gasteiger partial charge in [-0.05, 0) is 19.1 Å². The Hall–Kier alpha value is -0.730. The van der Waals surface area contributed by atoms with E-state index in [9.17, 15) is 4.79 Å². The van der Waals surface area contributed by atoms with Crippen molar-refractivity contribution < 1.29 is 4.79 Å². The SMILES string of the molecule is CC1CC(=O)c2cc(Cl)c(Cl)cc2N1. The minimum absolute atomic E-state index is 0.116. The van der Waals surface area contributed by atoms with Crippen LogP contribution in [0.15, 0.2) is 12.1 Å². The molecule has 0 saturated heterocycles. The first-order valence-corrected chi connectivity index (χ1v) is 5.12. The van der Waals surface area contributed by atoms with Crippen LogP contribution >= 0.6 is 23.2 Å². The second-order valence-corrected chi connectivity index (χ2v) is 4.30. The highest BCUT2D eigenvalue weighted by Gasteiger charge is 2.22. The lowest BCUT2D eigenvalue weighted by Gasteiger charge is -2.23. The lowest BCUT2D eigenvalue weighted by molar-refractivity contribution is 0.0974. The van der Waals surface area contributed by atoms with Gasteiger partial charge in [0.15, 0.2) is 5.78 Å². The number of halogens is 2. The van der Waals surface area contributed by atoms with Crippen LogP contribution < -0.4 is 5.32 Å². The molecule has 1 N–H and O–H groups in total. The highest BCUT2D eigenvalue weighted by atomic mass is 35.5. The van der Waals surface area contributed by atoms with Crippen LogP contribution in [0.5, 0.6) is 0 Å². The fourth-order valence-corrected chi connectivity index (χ4v) is 1.93. The van der Waals surface area contributed by atoms with Crippen LogP contribution in [-0.2, 0) is 0 Å². The molecule has 14 heavy (non-hydrogen) atoms. The Balaban J connectivity index is 2.55. The molecule has 2 nitrogen and oxygen atoms in total. The number of rotatable bonds is 0. The Kier molecular flexibility index (Phi) is 2.41. The Morgan fingerprint density at radius 1 is 1.36 bits per heavy atom. The van der Waals surface area contributed by atoms with Crippen molar-refractivity contribution in [2.24, 2.45) is 0 Å². The lowest BCUT2D eigenvalue weighted by atomic mass is 9.98. The van der Waals surface area contributed by atoms with Gasteiger partial charge in [-0.1, -0.05) is 23.2 Å². The number of hydrogen-bond donors (Lipinski definition) is 1. The smallest absolute Gasteiger partial charge is 0.167 e. The number of benzene rings is 1. The first-order chi connectivity index (χ1) is 6.58. The summed E-state index contributed by atoms with van der Waals surface area (Å²) in [4.78, 5) is 11.6. The van der Waals surface area contributed by atoms with E-state index in [1.807, 2.05) is 6.92 Å². The third-order valence-electron chi connectivity index (χ3n) is 2.25. The number of carbonyl (C=O) groups excluding carboxylic acids is 1. The molecule has 1 aliphatic rings. The monoisotopic (exact) mass is 229 g/mol. The fourth-order valence-electron chi connectivity index (χ4n) is 1.60. The van der Waals surface area contributed by atoms with Gasteiger partial charge < -0.3 is 5.32 Å². The largest absolute Gasteiger partial charge is 0.382 e. The average molecular weight is 230 g/mol. The van der Waals surface area contributed by atoms with Crippen LogP contribution in [0.25, 0.3) is 0 Å². The molecule has 74 valence electrons. The first kappa shape index (κ1) is 9.81. The number of ketones is 1. The topological polar surface area (TPSA) is 29.1 Å². The number of anilines is 1. The van der Waals surface area contributed by atoms with Gasteiger partial charge in [0.05, 0.1) is 10.0 Å². The van der Waals surface area contributed by atoms with Crippen LogP contribution in [-0.4, -0.2) is 11.8 Å². The van der Waals surface area contributed by atoms with E-state index in [0.29, 0.717) is 22.0 Å². The highest BCUT2D eigenvalue weighted by molar-refractivity contribution is 6.42. The van der Waals surface area contributed by atoms with Crippen molar-refractivity contribution in [3.05, 3.63) is 27.7 Å². The van der Waals surface area contributed by atoms with Crippen LogP contribution in [0, 0.1) is 0 Å². The summed E-state index contributed by atoms with van der Waals surface area (Å²) in [6.07, 6.45) is 0.505. The van der Waals surface area contributed by atoms with Crippen molar-refractivity contribution in [3.8, 4) is 0 Å². The van der Waals surface area contributed by atoms with Gasteiger partial charge >= 0.3 is 0 Å². The van der Waals surface area contributed by atoms with Gasteiger partial charge in [-0.2, -0.15) is 0 Å². The van der Waals surface area contributed by atoms with Crippen LogP contribution in [0.4, 0.5) is 5.69 Å². The number of nitrogens with one attached hydrogen (secondary N) is 1. The zero-order chi connectivity index (χ0) is 10.3. The number of hydrogen-bond acceptors (Lipinski definition) is 2. The highest BCUT2D eigenvalue weighted by Crippen LogP contribution is 2.32. The van der Waals surface area contributed by atoms with E-state index in [1.165, 1.54) is 0 Å². The van der Waals surface area contributed by atoms with Gasteiger partial charge in [0, 0.05) is 23.7 Å². The van der Waals surface area contributed by atoms with E-state index in [1.54, 1.807) is 12.1 Å². The van der Waals surface area contributed by atoms with Crippen LogP contribution in [0.2, 0.25) is 10.0 Å². The molecule has 2 rings (SSSR count). The van der Waals surface area contributed by atoms with Crippen molar-refractivity contribution in [3.63, 3.8) is 0 Å². The van der Waals surface area contributed by atoms with E-state index in [4.69, 9.17) is 23.2 Å². The van der Waals surface area contributed by atoms with Crippen LogP contribution in [0.1, 0.15) is 23.7 Å². The van der Waals surface area contributed by atoms with Gasteiger partial charge in [-0.3, -0.25) is 4.79 Å². The Morgan fingerprint density at radius 2 is 2.00 bits per heavy atom. The molecule has 0 fully saturated rings. The fraction of sp³-hybridized carbons (Fsp3) is 0.300. The molecule has 0 bridgehead atoms. The minimum atomic E-state index is 0.116. The quantitative estimate of drug-likeness (QED) is 0.740. The molecule has 0 saturated carbocycles. The van der Waals surface area contributed by atoms with Gasteiger partial charge in [-0.25, -0.2) is 0 Å². The number of Topliss-reactive ketones (excluding diaryl/α,β-unsaturated/α-hetero) is 1. The molecule has 0 aliphatic carbocycles. The third-order valence-corrected chi connectivity index (χ3v) is 2.98. The maximum Gasteiger partial charge on any atom is 0.167 e. The van der Waals surface area contributed by atoms with E-state index in [2.05, 4.69) is 5.32 Å². The summed E-state index contributed by atoms with van der Waals surface area (Å²) in [5.74, 6) is 0.116. The minimum Gasteiger partial charge on any atom is -0.382 e. The van der Waals surface area contributed by atoms with Gasteiger partial charge in [0.1, 0.15) is 0 Å². The molecule has 1 aromatic carbocycles. The molecule has 0 spiro atoms. The molecule has 1 aromatic rings. The predicted molar refractivity (Wildman–Crippen MR) is 58.5 cm³/mol. The molecule has 0 amide bonds. The number of carbonyl (C=O) groups is 1. The summed E-state index contributed by atoms with van der Waals surface area (Å²) < 4.78 is 0. The first-order valence-electron chi connectivity index (χ1n) is 4.36. The maximum atomic E-state index is 11.6. The van der Waals surface area contributed by atoms with Gasteiger partial charge in [0.2, 0.25) is 0 Å². The summed E-state index contributed by atoms with van der Waals surface area (Å²) in [5, 5.41) is 4.09. The Morgan fingerprint density at radius 3 is 2.71 bits per heavy atom. The molecule has 4 heteroatoms. The lowest BCUT2D eigenvalue weighted by Crippen LogP contribution is -2.26. The third kappa shape index (κ3) is 1.60. The molecule has 0 radical (unpaired) electrons. The summed E-state index contributed by atoms with van der Waals surface area (Å²) in [5.41, 5.74) is 1.42. The molecule has 0 aromatic heterocycles. The number of fused-ring (bicyclic) bond motifs is 1. The predicted octanol–water partition coefficient (Wildman–Crippen LogP) is 3.38. The Bertz CT molecular complexity index is 403. The van der Waals surface area contributed by atoms with Crippen molar-refractivity contribution in [2.45, 2.75) is 19.4 Å². The van der Waals surface area contributed by atoms with Crippen molar-refractivity contribution in [1.82, 2.24) is 0 Å². The van der Waals surface area contributed by atoms with E-state index in [-0.39, 0.29) is 11.8 Å². The zero-order valence-corrected chi connectivity index (χ0v) is 9.12. The van der Waals surface area contributed by atoms with Crippen molar-refractivity contribution in [2.75, 3.05) is 5.32 Å². The molecular formula is C10H9Cl2NO. The second kappa shape index (κ2) is 3.44. The van der Waals surface area contributed by atoms with Gasteiger partial charge in [-0.15, -0.1) is 0 Å². The van der Waals surface area contributed by atoms with E-state index in [0.717, 1.165) is 5.69 Å². The molecule has 1 aliphatic heterocycles. The summed E-state index contributed by atoms with van der Waals surface area (Å²) >= 11 is 11.7. The van der Waals surface area contributed by atoms with Crippen molar-refractivity contribution in [1.29, 1.82) is 0 Å². The maximum absolute atomic E-state index is 11.6. The van der Waals surface area contributed by atoms with Crippen molar-refractivity contribution >= 4 is 34.7 Å². The van der Waals surface area contributed by atoms with E-state index >= 15 is 0 Å². The molecule has 1 atom stereocenters. The molecule has 1 heterocycles. The summed E-state index contributed by atoms with van der Waals surface area (Å²) in [6, 6.07) is 3.49. The Labute approximate surface area is 92.2 Å².